The third-order valence-electron chi connectivity index (χ3n) is 2.92. The highest BCUT2D eigenvalue weighted by atomic mass is 16.7. The number of nitrogens with one attached hydrogen (secondary N) is 1. The van der Waals surface area contributed by atoms with Crippen molar-refractivity contribution >= 4 is 0 Å². The smallest absolute Gasteiger partial charge is 0.196 e. The molecule has 88 valence electrons. The lowest BCUT2D eigenvalue weighted by molar-refractivity contribution is -0.169. The minimum atomic E-state index is -0.533. The van der Waals surface area contributed by atoms with Gasteiger partial charge < -0.3 is 14.8 Å². The quantitative estimate of drug-likeness (QED) is 0.841. The summed E-state index contributed by atoms with van der Waals surface area (Å²) in [6, 6.07) is 8.36. The van der Waals surface area contributed by atoms with Crippen molar-refractivity contribution < 1.29 is 9.47 Å². The lowest BCUT2D eigenvalue weighted by atomic mass is 10.0. The van der Waals surface area contributed by atoms with Gasteiger partial charge >= 0.3 is 0 Å². The largest absolute Gasteiger partial charge is 0.343 e. The van der Waals surface area contributed by atoms with Crippen LogP contribution in [0.15, 0.2) is 24.3 Å². The third-order valence-corrected chi connectivity index (χ3v) is 2.92. The Labute approximate surface area is 96.8 Å². The van der Waals surface area contributed by atoms with Crippen LogP contribution in [-0.2, 0) is 15.3 Å². The van der Waals surface area contributed by atoms with Crippen LogP contribution in [-0.4, -0.2) is 26.8 Å². The van der Waals surface area contributed by atoms with Crippen molar-refractivity contribution in [2.24, 2.45) is 0 Å². The predicted octanol–water partition coefficient (Wildman–Crippen LogP) is 1.80. The maximum atomic E-state index is 5.82. The van der Waals surface area contributed by atoms with Crippen LogP contribution >= 0.6 is 0 Å². The van der Waals surface area contributed by atoms with E-state index in [1.54, 1.807) is 0 Å². The van der Waals surface area contributed by atoms with Gasteiger partial charge in [0.2, 0.25) is 0 Å². The molecule has 1 aliphatic heterocycles. The van der Waals surface area contributed by atoms with Crippen molar-refractivity contribution in [1.82, 2.24) is 5.32 Å². The van der Waals surface area contributed by atoms with Crippen LogP contribution in [0.4, 0.5) is 0 Å². The zero-order valence-corrected chi connectivity index (χ0v) is 9.95. The van der Waals surface area contributed by atoms with Gasteiger partial charge in [-0.25, -0.2) is 0 Å². The highest BCUT2D eigenvalue weighted by molar-refractivity contribution is 5.26. The monoisotopic (exact) mass is 221 g/mol. The van der Waals surface area contributed by atoms with Gasteiger partial charge in [-0.2, -0.15) is 0 Å². The molecule has 16 heavy (non-hydrogen) atoms. The van der Waals surface area contributed by atoms with Crippen molar-refractivity contribution in [2.45, 2.75) is 19.1 Å². The average molecular weight is 221 g/mol. The average Bonchev–Trinajstić information content (AvgIpc) is 2.76. The standard InChI is InChI=1S/C13H19NO2/c1-11-4-3-5-12(10-11)13(6-7-14-2)15-8-9-16-13/h3-5,10,14H,6-9H2,1-2H3. The Kier molecular flexibility index (Phi) is 3.59. The number of rotatable bonds is 4. The molecule has 0 aromatic heterocycles. The van der Waals surface area contributed by atoms with Gasteiger partial charge in [0.05, 0.1) is 13.2 Å². The molecule has 0 aliphatic carbocycles. The van der Waals surface area contributed by atoms with Crippen molar-refractivity contribution in [1.29, 1.82) is 0 Å². The Morgan fingerprint density at radius 3 is 2.69 bits per heavy atom. The molecule has 1 saturated heterocycles. The van der Waals surface area contributed by atoms with Crippen LogP contribution in [0, 0.1) is 6.92 Å². The van der Waals surface area contributed by atoms with Crippen LogP contribution in [0.1, 0.15) is 17.5 Å². The molecule has 1 aromatic rings. The fourth-order valence-corrected chi connectivity index (χ4v) is 2.08. The minimum Gasteiger partial charge on any atom is -0.343 e. The van der Waals surface area contributed by atoms with Crippen LogP contribution in [0.25, 0.3) is 0 Å². The predicted molar refractivity (Wildman–Crippen MR) is 63.3 cm³/mol. The van der Waals surface area contributed by atoms with E-state index >= 15 is 0 Å². The molecule has 2 rings (SSSR count). The van der Waals surface area contributed by atoms with E-state index in [2.05, 4.69) is 36.5 Å². The Hall–Kier alpha value is -0.900. The van der Waals surface area contributed by atoms with E-state index in [0.717, 1.165) is 18.5 Å². The van der Waals surface area contributed by atoms with E-state index in [1.807, 2.05) is 7.05 Å². The summed E-state index contributed by atoms with van der Waals surface area (Å²) < 4.78 is 11.6. The van der Waals surface area contributed by atoms with Gasteiger partial charge in [0, 0.05) is 18.5 Å². The molecule has 0 atom stereocenters. The van der Waals surface area contributed by atoms with Crippen molar-refractivity contribution in [3.8, 4) is 0 Å². The summed E-state index contributed by atoms with van der Waals surface area (Å²) in [5.74, 6) is -0.533. The molecule has 0 spiro atoms. The molecule has 1 N–H and O–H groups in total. The summed E-state index contributed by atoms with van der Waals surface area (Å²) in [5, 5.41) is 3.14. The first kappa shape index (κ1) is 11.6. The summed E-state index contributed by atoms with van der Waals surface area (Å²) in [6.45, 7) is 4.33. The van der Waals surface area contributed by atoms with Crippen molar-refractivity contribution in [2.75, 3.05) is 26.8 Å². The molecule has 0 unspecified atom stereocenters. The SMILES string of the molecule is CNCCC1(c2cccc(C)c2)OCCO1. The van der Waals surface area contributed by atoms with Gasteiger partial charge in [0.25, 0.3) is 0 Å². The number of aryl methyl sites for hydroxylation is 1. The van der Waals surface area contributed by atoms with Crippen LogP contribution < -0.4 is 5.32 Å². The Bertz CT molecular complexity index is 346. The summed E-state index contributed by atoms with van der Waals surface area (Å²) in [7, 11) is 1.94. The van der Waals surface area contributed by atoms with Gasteiger partial charge in [-0.05, 0) is 14.0 Å². The van der Waals surface area contributed by atoms with Gasteiger partial charge in [0.15, 0.2) is 5.79 Å². The lowest BCUT2D eigenvalue weighted by Gasteiger charge is -2.28. The van der Waals surface area contributed by atoms with Crippen molar-refractivity contribution in [3.05, 3.63) is 35.4 Å². The molecular weight excluding hydrogens is 202 g/mol. The maximum Gasteiger partial charge on any atom is 0.196 e. The molecule has 0 bridgehead atoms. The zero-order valence-electron chi connectivity index (χ0n) is 9.95. The molecule has 3 nitrogen and oxygen atoms in total. The second kappa shape index (κ2) is 4.95. The summed E-state index contributed by atoms with van der Waals surface area (Å²) in [5.41, 5.74) is 2.36. The molecule has 1 heterocycles. The molecule has 0 amide bonds. The fourth-order valence-electron chi connectivity index (χ4n) is 2.08. The highest BCUT2D eigenvalue weighted by Gasteiger charge is 2.37. The first-order valence-corrected chi connectivity index (χ1v) is 5.76. The van der Waals surface area contributed by atoms with Crippen LogP contribution in [0.3, 0.4) is 0 Å². The topological polar surface area (TPSA) is 30.5 Å². The number of benzene rings is 1. The normalized spacial score (nSPS) is 18.9. The Balaban J connectivity index is 2.24. The highest BCUT2D eigenvalue weighted by Crippen LogP contribution is 2.34. The number of ether oxygens (including phenoxy) is 2. The molecule has 0 radical (unpaired) electrons. The van der Waals surface area contributed by atoms with Gasteiger partial charge in [-0.1, -0.05) is 29.8 Å². The second-order valence-corrected chi connectivity index (χ2v) is 4.17. The van der Waals surface area contributed by atoms with Gasteiger partial charge in [-0.15, -0.1) is 0 Å². The molecule has 1 aromatic carbocycles. The summed E-state index contributed by atoms with van der Waals surface area (Å²) in [4.78, 5) is 0. The zero-order chi connectivity index (χ0) is 11.4. The van der Waals surface area contributed by atoms with E-state index in [0.29, 0.717) is 13.2 Å². The number of hydrogen-bond acceptors (Lipinski definition) is 3. The van der Waals surface area contributed by atoms with E-state index in [9.17, 15) is 0 Å². The molecule has 1 aliphatic rings. The Morgan fingerprint density at radius 2 is 2.06 bits per heavy atom. The minimum absolute atomic E-state index is 0.533. The lowest BCUT2D eigenvalue weighted by Crippen LogP contribution is -2.31. The second-order valence-electron chi connectivity index (χ2n) is 4.17. The molecule has 1 fully saturated rings. The van der Waals surface area contributed by atoms with E-state index in [1.165, 1.54) is 5.56 Å². The molecule has 3 heteroatoms. The maximum absolute atomic E-state index is 5.82. The third kappa shape index (κ3) is 2.26. The van der Waals surface area contributed by atoms with Crippen LogP contribution in [0.5, 0.6) is 0 Å². The van der Waals surface area contributed by atoms with Crippen molar-refractivity contribution in [3.63, 3.8) is 0 Å². The van der Waals surface area contributed by atoms with Crippen LogP contribution in [0.2, 0.25) is 0 Å². The molecular formula is C13H19NO2. The van der Waals surface area contributed by atoms with E-state index in [4.69, 9.17) is 9.47 Å². The summed E-state index contributed by atoms with van der Waals surface area (Å²) >= 11 is 0. The molecule has 0 saturated carbocycles. The van der Waals surface area contributed by atoms with Gasteiger partial charge in [-0.3, -0.25) is 0 Å². The van der Waals surface area contributed by atoms with E-state index < -0.39 is 5.79 Å². The Morgan fingerprint density at radius 1 is 1.31 bits per heavy atom. The first-order valence-electron chi connectivity index (χ1n) is 5.76. The first-order chi connectivity index (χ1) is 7.77. The van der Waals surface area contributed by atoms with E-state index in [-0.39, 0.29) is 0 Å². The summed E-state index contributed by atoms with van der Waals surface area (Å²) in [6.07, 6.45) is 0.840. The number of hydrogen-bond donors (Lipinski definition) is 1. The fraction of sp³-hybridized carbons (Fsp3) is 0.538. The van der Waals surface area contributed by atoms with Gasteiger partial charge in [0.1, 0.15) is 0 Å².